The molecule has 1 aromatic rings. The maximum Gasteiger partial charge on any atom is 0.411 e. The summed E-state index contributed by atoms with van der Waals surface area (Å²) in [6, 6.07) is 9.59. The smallest absolute Gasteiger partial charge is 0.411 e. The van der Waals surface area contributed by atoms with Gasteiger partial charge in [-0.05, 0) is 24.8 Å². The lowest BCUT2D eigenvalue weighted by atomic mass is 9.74. The van der Waals surface area contributed by atoms with E-state index in [2.05, 4.69) is 0 Å². The van der Waals surface area contributed by atoms with Crippen molar-refractivity contribution in [1.82, 2.24) is 9.80 Å². The van der Waals surface area contributed by atoms with Gasteiger partial charge < -0.3 is 9.64 Å². The number of rotatable bonds is 2. The topological polar surface area (TPSA) is 49.9 Å². The van der Waals surface area contributed by atoms with Crippen molar-refractivity contribution in [3.05, 3.63) is 35.9 Å². The van der Waals surface area contributed by atoms with Crippen molar-refractivity contribution < 1.29 is 14.3 Å². The van der Waals surface area contributed by atoms with E-state index in [0.29, 0.717) is 6.54 Å². The molecule has 1 spiro atoms. The van der Waals surface area contributed by atoms with Gasteiger partial charge in [-0.1, -0.05) is 30.3 Å². The summed E-state index contributed by atoms with van der Waals surface area (Å²) in [5.74, 6) is -0.0239. The highest BCUT2D eigenvalue weighted by atomic mass is 16.6. The fourth-order valence-electron chi connectivity index (χ4n) is 3.11. The standard InChI is InChI=1S/C16H20N2O3/c1-17-12-16(8-5-9-16)18(10-14(17)19)15(20)21-11-13-6-3-2-4-7-13/h2-4,6-7H,5,8-12H2,1H3. The molecule has 0 radical (unpaired) electrons. The molecule has 2 aliphatic rings. The van der Waals surface area contributed by atoms with Crippen LogP contribution in [-0.2, 0) is 16.1 Å². The number of carbonyl (C=O) groups is 2. The number of benzene rings is 1. The minimum Gasteiger partial charge on any atom is -0.445 e. The molecule has 1 saturated heterocycles. The van der Waals surface area contributed by atoms with Crippen LogP contribution in [0.3, 0.4) is 0 Å². The van der Waals surface area contributed by atoms with Gasteiger partial charge in [-0.15, -0.1) is 0 Å². The Hall–Kier alpha value is -2.04. The number of amides is 2. The van der Waals surface area contributed by atoms with Crippen LogP contribution in [0.5, 0.6) is 0 Å². The van der Waals surface area contributed by atoms with E-state index in [4.69, 9.17) is 4.74 Å². The van der Waals surface area contributed by atoms with Crippen LogP contribution < -0.4 is 0 Å². The van der Waals surface area contributed by atoms with Gasteiger partial charge in [0, 0.05) is 13.6 Å². The van der Waals surface area contributed by atoms with Gasteiger partial charge >= 0.3 is 6.09 Å². The molecular formula is C16H20N2O3. The molecule has 5 nitrogen and oxygen atoms in total. The molecule has 0 atom stereocenters. The van der Waals surface area contributed by atoms with E-state index in [-0.39, 0.29) is 30.7 Å². The van der Waals surface area contributed by atoms with Crippen LogP contribution in [-0.4, -0.2) is 47.5 Å². The molecule has 2 fully saturated rings. The van der Waals surface area contributed by atoms with Crippen molar-refractivity contribution in [2.75, 3.05) is 20.1 Å². The fourth-order valence-corrected chi connectivity index (χ4v) is 3.11. The molecular weight excluding hydrogens is 268 g/mol. The second-order valence-electron chi connectivity index (χ2n) is 5.95. The maximum absolute atomic E-state index is 12.4. The van der Waals surface area contributed by atoms with Gasteiger partial charge in [-0.25, -0.2) is 4.79 Å². The van der Waals surface area contributed by atoms with Gasteiger partial charge in [-0.3, -0.25) is 9.69 Å². The molecule has 2 amide bonds. The largest absolute Gasteiger partial charge is 0.445 e. The third-order valence-corrected chi connectivity index (χ3v) is 4.53. The first-order valence-electron chi connectivity index (χ1n) is 7.33. The Balaban J connectivity index is 1.66. The van der Waals surface area contributed by atoms with Gasteiger partial charge in [0.1, 0.15) is 13.2 Å². The summed E-state index contributed by atoms with van der Waals surface area (Å²) in [5.41, 5.74) is 0.755. The molecule has 1 aliphatic heterocycles. The zero-order valence-corrected chi connectivity index (χ0v) is 12.2. The number of ether oxygens (including phenoxy) is 1. The highest BCUT2D eigenvalue weighted by molar-refractivity contribution is 5.84. The van der Waals surface area contributed by atoms with Crippen LogP contribution in [0.2, 0.25) is 0 Å². The van der Waals surface area contributed by atoms with Gasteiger partial charge in [0.2, 0.25) is 5.91 Å². The number of nitrogens with zero attached hydrogens (tertiary/aromatic N) is 2. The third-order valence-electron chi connectivity index (χ3n) is 4.53. The lowest BCUT2D eigenvalue weighted by Crippen LogP contribution is -2.67. The van der Waals surface area contributed by atoms with Gasteiger partial charge in [0.15, 0.2) is 0 Å². The van der Waals surface area contributed by atoms with E-state index >= 15 is 0 Å². The Morgan fingerprint density at radius 3 is 2.62 bits per heavy atom. The summed E-state index contributed by atoms with van der Waals surface area (Å²) in [7, 11) is 1.80. The predicted molar refractivity (Wildman–Crippen MR) is 77.6 cm³/mol. The molecule has 0 bridgehead atoms. The first kappa shape index (κ1) is 13.9. The minimum atomic E-state index is -0.375. The highest BCUT2D eigenvalue weighted by Crippen LogP contribution is 2.40. The zero-order chi connectivity index (χ0) is 14.9. The average molecular weight is 288 g/mol. The monoisotopic (exact) mass is 288 g/mol. The molecule has 0 unspecified atom stereocenters. The highest BCUT2D eigenvalue weighted by Gasteiger charge is 2.50. The van der Waals surface area contributed by atoms with E-state index in [1.54, 1.807) is 16.8 Å². The van der Waals surface area contributed by atoms with Crippen molar-refractivity contribution >= 4 is 12.0 Å². The normalized spacial score (nSPS) is 20.3. The molecule has 1 aliphatic carbocycles. The summed E-state index contributed by atoms with van der Waals surface area (Å²) in [4.78, 5) is 27.6. The van der Waals surface area contributed by atoms with Crippen molar-refractivity contribution in [2.45, 2.75) is 31.4 Å². The first-order valence-corrected chi connectivity index (χ1v) is 7.33. The summed E-state index contributed by atoms with van der Waals surface area (Å²) >= 11 is 0. The minimum absolute atomic E-state index is 0.0239. The van der Waals surface area contributed by atoms with Crippen molar-refractivity contribution in [2.24, 2.45) is 0 Å². The Morgan fingerprint density at radius 1 is 1.29 bits per heavy atom. The van der Waals surface area contributed by atoms with E-state index in [1.165, 1.54) is 0 Å². The molecule has 3 rings (SSSR count). The molecule has 0 N–H and O–H groups in total. The summed E-state index contributed by atoms with van der Waals surface area (Å²) in [5, 5.41) is 0. The number of piperazine rings is 1. The molecule has 1 saturated carbocycles. The Kier molecular flexibility index (Phi) is 3.57. The molecule has 5 heteroatoms. The van der Waals surface area contributed by atoms with Crippen molar-refractivity contribution in [3.8, 4) is 0 Å². The number of carbonyl (C=O) groups excluding carboxylic acids is 2. The van der Waals surface area contributed by atoms with E-state index in [1.807, 2.05) is 30.3 Å². The van der Waals surface area contributed by atoms with Crippen LogP contribution in [0.4, 0.5) is 4.79 Å². The Bertz CT molecular complexity index is 540. The Labute approximate surface area is 124 Å². The lowest BCUT2D eigenvalue weighted by molar-refractivity contribution is -0.144. The van der Waals surface area contributed by atoms with Crippen LogP contribution in [0, 0.1) is 0 Å². The molecule has 0 aromatic heterocycles. The van der Waals surface area contributed by atoms with E-state index in [0.717, 1.165) is 24.8 Å². The molecule has 112 valence electrons. The van der Waals surface area contributed by atoms with Crippen LogP contribution >= 0.6 is 0 Å². The van der Waals surface area contributed by atoms with Gasteiger partial charge in [-0.2, -0.15) is 0 Å². The van der Waals surface area contributed by atoms with Crippen molar-refractivity contribution in [3.63, 3.8) is 0 Å². The Morgan fingerprint density at radius 2 is 2.00 bits per heavy atom. The fraction of sp³-hybridized carbons (Fsp3) is 0.500. The molecule has 1 heterocycles. The number of hydrogen-bond acceptors (Lipinski definition) is 3. The predicted octanol–water partition coefficient (Wildman–Crippen LogP) is 2.02. The molecule has 1 aromatic carbocycles. The zero-order valence-electron chi connectivity index (χ0n) is 12.2. The molecule has 21 heavy (non-hydrogen) atoms. The van der Waals surface area contributed by atoms with Gasteiger partial charge in [0.05, 0.1) is 5.54 Å². The van der Waals surface area contributed by atoms with Crippen LogP contribution in [0.1, 0.15) is 24.8 Å². The number of likely N-dealkylation sites (N-methyl/N-ethyl adjacent to an activating group) is 1. The van der Waals surface area contributed by atoms with E-state index in [9.17, 15) is 9.59 Å². The van der Waals surface area contributed by atoms with E-state index < -0.39 is 0 Å². The summed E-state index contributed by atoms with van der Waals surface area (Å²) in [6.07, 6.45) is 2.63. The van der Waals surface area contributed by atoms with Gasteiger partial charge in [0.25, 0.3) is 0 Å². The second kappa shape index (κ2) is 5.39. The third kappa shape index (κ3) is 2.60. The first-order chi connectivity index (χ1) is 10.1. The maximum atomic E-state index is 12.4. The summed E-state index contributed by atoms with van der Waals surface area (Å²) < 4.78 is 5.40. The van der Waals surface area contributed by atoms with Crippen LogP contribution in [0.25, 0.3) is 0 Å². The lowest BCUT2D eigenvalue weighted by Gasteiger charge is -2.54. The average Bonchev–Trinajstić information content (AvgIpc) is 2.46. The number of hydrogen-bond donors (Lipinski definition) is 0. The second-order valence-corrected chi connectivity index (χ2v) is 5.95. The quantitative estimate of drug-likeness (QED) is 0.836. The van der Waals surface area contributed by atoms with Crippen LogP contribution in [0.15, 0.2) is 30.3 Å². The SMILES string of the molecule is CN1CC2(CCC2)N(C(=O)OCc2ccccc2)CC1=O. The van der Waals surface area contributed by atoms with Crippen molar-refractivity contribution in [1.29, 1.82) is 0 Å². The summed E-state index contributed by atoms with van der Waals surface area (Å²) in [6.45, 7) is 0.993.